The topological polar surface area (TPSA) is 21.3 Å². The standard InChI is InChI=1S/C16H15ClN2OS/c1-18(10-12-5-4-6-13(17)9-12)11-19-14-7-2-3-8-15(14)20-16(19)21/h2-9H,10-11H2,1H3. The lowest BCUT2D eigenvalue weighted by atomic mass is 10.2. The Hall–Kier alpha value is -1.62. The average molecular weight is 319 g/mol. The highest BCUT2D eigenvalue weighted by molar-refractivity contribution is 7.71. The van der Waals surface area contributed by atoms with Gasteiger partial charge in [-0.25, -0.2) is 0 Å². The van der Waals surface area contributed by atoms with Gasteiger partial charge < -0.3 is 4.42 Å². The Morgan fingerprint density at radius 1 is 1.19 bits per heavy atom. The first-order valence-electron chi connectivity index (χ1n) is 6.65. The van der Waals surface area contributed by atoms with Gasteiger partial charge >= 0.3 is 0 Å². The number of aromatic nitrogens is 1. The SMILES string of the molecule is CN(Cc1cccc(Cl)c1)Cn1c(=S)oc2ccccc21. The van der Waals surface area contributed by atoms with E-state index >= 15 is 0 Å². The summed E-state index contributed by atoms with van der Waals surface area (Å²) < 4.78 is 7.59. The molecule has 0 saturated heterocycles. The highest BCUT2D eigenvalue weighted by atomic mass is 35.5. The summed E-state index contributed by atoms with van der Waals surface area (Å²) in [7, 11) is 2.05. The lowest BCUT2D eigenvalue weighted by molar-refractivity contribution is 0.257. The molecule has 21 heavy (non-hydrogen) atoms. The summed E-state index contributed by atoms with van der Waals surface area (Å²) in [5, 5.41) is 0.756. The van der Waals surface area contributed by atoms with E-state index in [0.717, 1.165) is 22.7 Å². The molecule has 0 N–H and O–H groups in total. The van der Waals surface area contributed by atoms with Crippen molar-refractivity contribution in [2.24, 2.45) is 0 Å². The maximum absolute atomic E-state index is 6.02. The number of para-hydroxylation sites is 2. The molecule has 0 unspecified atom stereocenters. The van der Waals surface area contributed by atoms with Gasteiger partial charge in [-0.15, -0.1) is 0 Å². The zero-order chi connectivity index (χ0) is 14.8. The van der Waals surface area contributed by atoms with E-state index in [-0.39, 0.29) is 0 Å². The van der Waals surface area contributed by atoms with Gasteiger partial charge in [0.15, 0.2) is 5.58 Å². The highest BCUT2D eigenvalue weighted by Crippen LogP contribution is 2.18. The smallest absolute Gasteiger partial charge is 0.270 e. The second-order valence-corrected chi connectivity index (χ2v) is 5.83. The molecule has 0 amide bonds. The predicted octanol–water partition coefficient (Wildman–Crippen LogP) is 4.71. The summed E-state index contributed by atoms with van der Waals surface area (Å²) in [6.07, 6.45) is 0. The minimum atomic E-state index is 0.495. The normalized spacial score (nSPS) is 11.4. The van der Waals surface area contributed by atoms with Crippen LogP contribution in [-0.2, 0) is 13.2 Å². The maximum atomic E-state index is 6.02. The van der Waals surface area contributed by atoms with Gasteiger partial charge in [0.2, 0.25) is 0 Å². The van der Waals surface area contributed by atoms with Crippen molar-refractivity contribution < 1.29 is 4.42 Å². The third kappa shape index (κ3) is 3.18. The second kappa shape index (κ2) is 6.02. The minimum absolute atomic E-state index is 0.495. The van der Waals surface area contributed by atoms with E-state index in [2.05, 4.69) is 11.0 Å². The molecule has 0 aliphatic heterocycles. The lowest BCUT2D eigenvalue weighted by Crippen LogP contribution is -2.21. The lowest BCUT2D eigenvalue weighted by Gasteiger charge is -2.17. The fraction of sp³-hybridized carbons (Fsp3) is 0.188. The van der Waals surface area contributed by atoms with Crippen molar-refractivity contribution in [3.63, 3.8) is 0 Å². The average Bonchev–Trinajstić information content (AvgIpc) is 2.75. The summed E-state index contributed by atoms with van der Waals surface area (Å²) in [4.78, 5) is 2.66. The van der Waals surface area contributed by atoms with Crippen molar-refractivity contribution in [1.29, 1.82) is 0 Å². The Bertz CT molecular complexity index is 824. The molecule has 0 aliphatic rings. The van der Waals surface area contributed by atoms with Crippen LogP contribution in [-0.4, -0.2) is 16.5 Å². The van der Waals surface area contributed by atoms with Gasteiger partial charge in [-0.2, -0.15) is 0 Å². The molecule has 3 nitrogen and oxygen atoms in total. The monoisotopic (exact) mass is 318 g/mol. The van der Waals surface area contributed by atoms with Crippen LogP contribution in [0.2, 0.25) is 5.02 Å². The van der Waals surface area contributed by atoms with Gasteiger partial charge in [-0.05, 0) is 49.1 Å². The Balaban J connectivity index is 1.82. The van der Waals surface area contributed by atoms with Crippen LogP contribution >= 0.6 is 23.8 Å². The van der Waals surface area contributed by atoms with Crippen molar-refractivity contribution in [3.05, 3.63) is 64.0 Å². The van der Waals surface area contributed by atoms with Crippen LogP contribution in [0.3, 0.4) is 0 Å². The molecule has 0 aliphatic carbocycles. The van der Waals surface area contributed by atoms with E-state index in [4.69, 9.17) is 28.2 Å². The number of fused-ring (bicyclic) bond motifs is 1. The zero-order valence-electron chi connectivity index (χ0n) is 11.6. The maximum Gasteiger partial charge on any atom is 0.270 e. The van der Waals surface area contributed by atoms with Crippen LogP contribution < -0.4 is 0 Å². The number of benzene rings is 2. The van der Waals surface area contributed by atoms with Gasteiger partial charge in [0, 0.05) is 11.6 Å². The highest BCUT2D eigenvalue weighted by Gasteiger charge is 2.08. The Morgan fingerprint density at radius 2 is 2.00 bits per heavy atom. The Labute approximate surface area is 133 Å². The Morgan fingerprint density at radius 3 is 2.81 bits per heavy atom. The molecule has 0 fully saturated rings. The van der Waals surface area contributed by atoms with Crippen LogP contribution in [0.15, 0.2) is 52.9 Å². The number of hydrogen-bond donors (Lipinski definition) is 0. The number of halogens is 1. The van der Waals surface area contributed by atoms with Crippen molar-refractivity contribution in [2.45, 2.75) is 13.2 Å². The molecule has 0 radical (unpaired) electrons. The largest absolute Gasteiger partial charge is 0.429 e. The van der Waals surface area contributed by atoms with E-state index < -0.39 is 0 Å². The van der Waals surface area contributed by atoms with Crippen LogP contribution in [0, 0.1) is 4.84 Å². The van der Waals surface area contributed by atoms with Gasteiger partial charge in [-0.1, -0.05) is 35.9 Å². The number of nitrogens with zero attached hydrogens (tertiary/aromatic N) is 2. The van der Waals surface area contributed by atoms with Gasteiger partial charge in [0.25, 0.3) is 4.84 Å². The second-order valence-electron chi connectivity index (χ2n) is 5.05. The van der Waals surface area contributed by atoms with Crippen LogP contribution in [0.1, 0.15) is 5.56 Å². The van der Waals surface area contributed by atoms with E-state index in [1.165, 1.54) is 5.56 Å². The first kappa shape index (κ1) is 14.3. The van der Waals surface area contributed by atoms with Crippen LogP contribution in [0.4, 0.5) is 0 Å². The van der Waals surface area contributed by atoms with Crippen LogP contribution in [0.5, 0.6) is 0 Å². The summed E-state index contributed by atoms with van der Waals surface area (Å²) in [6, 6.07) is 15.8. The fourth-order valence-corrected chi connectivity index (χ4v) is 2.85. The fourth-order valence-electron chi connectivity index (χ4n) is 2.39. The molecule has 108 valence electrons. The molecular formula is C16H15ClN2OS. The van der Waals surface area contributed by atoms with Crippen molar-refractivity contribution in [1.82, 2.24) is 9.47 Å². The van der Waals surface area contributed by atoms with E-state index in [1.54, 1.807) is 0 Å². The van der Waals surface area contributed by atoms with E-state index in [9.17, 15) is 0 Å². The quantitative estimate of drug-likeness (QED) is 0.650. The molecule has 5 heteroatoms. The molecule has 2 aromatic carbocycles. The minimum Gasteiger partial charge on any atom is -0.429 e. The number of rotatable bonds is 4. The molecule has 0 saturated carbocycles. The summed E-state index contributed by atoms with van der Waals surface area (Å²) >= 11 is 11.3. The molecule has 3 rings (SSSR count). The van der Waals surface area contributed by atoms with Crippen molar-refractivity contribution in [2.75, 3.05) is 7.05 Å². The van der Waals surface area contributed by atoms with Gasteiger partial charge in [0.05, 0.1) is 12.2 Å². The van der Waals surface area contributed by atoms with Crippen molar-refractivity contribution >= 4 is 34.9 Å². The zero-order valence-corrected chi connectivity index (χ0v) is 13.2. The predicted molar refractivity (Wildman–Crippen MR) is 88.0 cm³/mol. The third-order valence-corrected chi connectivity index (χ3v) is 3.84. The molecule has 0 spiro atoms. The summed E-state index contributed by atoms with van der Waals surface area (Å²) in [5.74, 6) is 0. The van der Waals surface area contributed by atoms with Gasteiger partial charge in [-0.3, -0.25) is 9.47 Å². The summed E-state index contributed by atoms with van der Waals surface area (Å²) in [6.45, 7) is 1.46. The molecule has 3 aromatic rings. The molecule has 0 bridgehead atoms. The first-order valence-corrected chi connectivity index (χ1v) is 7.43. The van der Waals surface area contributed by atoms with E-state index in [1.807, 2.05) is 54.1 Å². The Kier molecular flexibility index (Phi) is 4.10. The number of hydrogen-bond acceptors (Lipinski definition) is 3. The molecule has 0 atom stereocenters. The molecular weight excluding hydrogens is 304 g/mol. The van der Waals surface area contributed by atoms with E-state index in [0.29, 0.717) is 11.5 Å². The number of oxazole rings is 1. The van der Waals surface area contributed by atoms with Gasteiger partial charge in [0.1, 0.15) is 0 Å². The molecule has 1 heterocycles. The third-order valence-electron chi connectivity index (χ3n) is 3.30. The first-order chi connectivity index (χ1) is 10.1. The molecule has 1 aromatic heterocycles. The van der Waals surface area contributed by atoms with Crippen molar-refractivity contribution in [3.8, 4) is 0 Å². The van der Waals surface area contributed by atoms with Crippen LogP contribution in [0.25, 0.3) is 11.1 Å². The summed E-state index contributed by atoms with van der Waals surface area (Å²) in [5.41, 5.74) is 3.00.